The first-order valence-electron chi connectivity index (χ1n) is 7.41. The Morgan fingerprint density at radius 1 is 1.24 bits per heavy atom. The lowest BCUT2D eigenvalue weighted by Gasteiger charge is -2.17. The summed E-state index contributed by atoms with van der Waals surface area (Å²) in [6, 6.07) is 10.1. The van der Waals surface area contributed by atoms with Gasteiger partial charge in [-0.25, -0.2) is 4.99 Å². The van der Waals surface area contributed by atoms with Gasteiger partial charge in [0.15, 0.2) is 5.96 Å². The van der Waals surface area contributed by atoms with Crippen LogP contribution in [0.3, 0.4) is 0 Å². The lowest BCUT2D eigenvalue weighted by molar-refractivity contribution is -0.120. The van der Waals surface area contributed by atoms with Crippen molar-refractivity contribution in [1.29, 1.82) is 0 Å². The van der Waals surface area contributed by atoms with Crippen molar-refractivity contribution in [3.63, 3.8) is 0 Å². The Morgan fingerprint density at radius 2 is 1.95 bits per heavy atom. The van der Waals surface area contributed by atoms with Gasteiger partial charge in [-0.05, 0) is 24.3 Å². The Labute approximate surface area is 126 Å². The van der Waals surface area contributed by atoms with Crippen molar-refractivity contribution >= 4 is 11.9 Å². The van der Waals surface area contributed by atoms with Crippen LogP contribution in [-0.4, -0.2) is 44.0 Å². The standard InChI is InChI=1S/C16H24N4O/c1-20(2)16(18-11-13-6-4-3-5-7-13)19-12-15(21)17-10-14-8-9-14/h3-7,14H,8-12H2,1-2H3,(H,17,21)(H,18,19). The van der Waals surface area contributed by atoms with Crippen molar-refractivity contribution in [1.82, 2.24) is 15.5 Å². The molecule has 1 aromatic rings. The van der Waals surface area contributed by atoms with Crippen molar-refractivity contribution < 1.29 is 4.79 Å². The number of hydrogen-bond donors (Lipinski definition) is 2. The molecule has 114 valence electrons. The maximum Gasteiger partial charge on any atom is 0.239 e. The van der Waals surface area contributed by atoms with Gasteiger partial charge in [0, 0.05) is 20.6 Å². The van der Waals surface area contributed by atoms with E-state index in [1.165, 1.54) is 12.8 Å². The number of guanidine groups is 1. The minimum atomic E-state index is 0.0242. The van der Waals surface area contributed by atoms with Gasteiger partial charge in [0.25, 0.3) is 0 Å². The van der Waals surface area contributed by atoms with Crippen LogP contribution < -0.4 is 10.6 Å². The third-order valence-corrected chi connectivity index (χ3v) is 3.37. The molecule has 1 saturated carbocycles. The molecule has 0 atom stereocenters. The summed E-state index contributed by atoms with van der Waals surface area (Å²) in [7, 11) is 3.83. The van der Waals surface area contributed by atoms with Gasteiger partial charge in [0.05, 0.1) is 13.1 Å². The largest absolute Gasteiger partial charge is 0.354 e. The summed E-state index contributed by atoms with van der Waals surface area (Å²) in [5.74, 6) is 1.45. The van der Waals surface area contributed by atoms with E-state index < -0.39 is 0 Å². The first-order chi connectivity index (χ1) is 10.1. The van der Waals surface area contributed by atoms with Crippen LogP contribution >= 0.6 is 0 Å². The molecule has 1 fully saturated rings. The molecule has 21 heavy (non-hydrogen) atoms. The number of carbonyl (C=O) groups is 1. The molecule has 5 nitrogen and oxygen atoms in total. The second-order valence-electron chi connectivity index (χ2n) is 5.62. The van der Waals surface area contributed by atoms with Crippen LogP contribution in [0.2, 0.25) is 0 Å². The monoisotopic (exact) mass is 288 g/mol. The molecule has 0 unspecified atom stereocenters. The molecule has 1 aliphatic rings. The number of benzene rings is 1. The van der Waals surface area contributed by atoms with E-state index in [1.807, 2.05) is 49.3 Å². The Kier molecular flexibility index (Phi) is 5.60. The molecule has 0 spiro atoms. The Bertz CT molecular complexity index is 480. The number of hydrogen-bond acceptors (Lipinski definition) is 2. The van der Waals surface area contributed by atoms with Gasteiger partial charge in [0.2, 0.25) is 5.91 Å². The Balaban J connectivity index is 1.79. The fourth-order valence-electron chi connectivity index (χ4n) is 1.91. The van der Waals surface area contributed by atoms with E-state index in [-0.39, 0.29) is 12.5 Å². The second kappa shape index (κ2) is 7.67. The minimum Gasteiger partial charge on any atom is -0.354 e. The van der Waals surface area contributed by atoms with Crippen LogP contribution in [0.4, 0.5) is 0 Å². The number of carbonyl (C=O) groups excluding carboxylic acids is 1. The molecule has 0 aromatic heterocycles. The summed E-state index contributed by atoms with van der Waals surface area (Å²) in [5, 5.41) is 6.03. The predicted molar refractivity (Wildman–Crippen MR) is 85.0 cm³/mol. The summed E-state index contributed by atoms with van der Waals surface area (Å²) in [4.78, 5) is 18.1. The maximum atomic E-state index is 11.7. The van der Waals surface area contributed by atoms with Crippen LogP contribution in [0, 0.1) is 5.92 Å². The minimum absolute atomic E-state index is 0.0242. The number of aliphatic imine (C=N–C) groups is 1. The van der Waals surface area contributed by atoms with E-state index in [2.05, 4.69) is 15.6 Å². The van der Waals surface area contributed by atoms with Gasteiger partial charge in [-0.15, -0.1) is 0 Å². The average Bonchev–Trinajstić information content (AvgIpc) is 3.30. The smallest absolute Gasteiger partial charge is 0.239 e. The highest BCUT2D eigenvalue weighted by Crippen LogP contribution is 2.27. The summed E-state index contributed by atoms with van der Waals surface area (Å²) in [5.41, 5.74) is 1.15. The zero-order valence-corrected chi connectivity index (χ0v) is 12.8. The van der Waals surface area contributed by atoms with E-state index in [0.717, 1.165) is 18.1 Å². The zero-order valence-electron chi connectivity index (χ0n) is 12.8. The van der Waals surface area contributed by atoms with Crippen molar-refractivity contribution in [2.45, 2.75) is 19.4 Å². The van der Waals surface area contributed by atoms with Crippen LogP contribution in [0.15, 0.2) is 35.3 Å². The lowest BCUT2D eigenvalue weighted by Crippen LogP contribution is -2.43. The van der Waals surface area contributed by atoms with Gasteiger partial charge in [-0.2, -0.15) is 0 Å². The summed E-state index contributed by atoms with van der Waals surface area (Å²) in [6.07, 6.45) is 2.49. The van der Waals surface area contributed by atoms with E-state index in [9.17, 15) is 4.79 Å². The SMILES string of the molecule is CN(C)C(=NCc1ccccc1)NCC(=O)NCC1CC1. The van der Waals surface area contributed by atoms with Crippen LogP contribution in [0.25, 0.3) is 0 Å². The molecule has 0 heterocycles. The molecule has 1 aliphatic carbocycles. The van der Waals surface area contributed by atoms with Crippen LogP contribution in [0.1, 0.15) is 18.4 Å². The molecule has 2 rings (SSSR count). The highest BCUT2D eigenvalue weighted by molar-refractivity contribution is 5.86. The quantitative estimate of drug-likeness (QED) is 0.611. The van der Waals surface area contributed by atoms with Gasteiger partial charge in [-0.1, -0.05) is 30.3 Å². The number of nitrogens with one attached hydrogen (secondary N) is 2. The predicted octanol–water partition coefficient (Wildman–Crippen LogP) is 1.22. The number of rotatable bonds is 6. The van der Waals surface area contributed by atoms with Crippen molar-refractivity contribution in [3.05, 3.63) is 35.9 Å². The van der Waals surface area contributed by atoms with Gasteiger partial charge in [-0.3, -0.25) is 4.79 Å². The Hall–Kier alpha value is -2.04. The van der Waals surface area contributed by atoms with Crippen molar-refractivity contribution in [2.75, 3.05) is 27.2 Å². The molecule has 0 aliphatic heterocycles. The molecular formula is C16H24N4O. The van der Waals surface area contributed by atoms with E-state index >= 15 is 0 Å². The van der Waals surface area contributed by atoms with Gasteiger partial charge >= 0.3 is 0 Å². The maximum absolute atomic E-state index is 11.7. The third-order valence-electron chi connectivity index (χ3n) is 3.37. The summed E-state index contributed by atoms with van der Waals surface area (Å²) >= 11 is 0. The lowest BCUT2D eigenvalue weighted by atomic mass is 10.2. The molecule has 5 heteroatoms. The second-order valence-corrected chi connectivity index (χ2v) is 5.62. The molecule has 0 saturated heterocycles. The topological polar surface area (TPSA) is 56.7 Å². The summed E-state index contributed by atoms with van der Waals surface area (Å²) < 4.78 is 0. The van der Waals surface area contributed by atoms with Crippen molar-refractivity contribution in [2.24, 2.45) is 10.9 Å². The van der Waals surface area contributed by atoms with Crippen molar-refractivity contribution in [3.8, 4) is 0 Å². The molecule has 2 N–H and O–H groups in total. The van der Waals surface area contributed by atoms with Crippen LogP contribution in [-0.2, 0) is 11.3 Å². The molecule has 1 aromatic carbocycles. The molecule has 1 amide bonds. The van der Waals surface area contributed by atoms with Gasteiger partial charge in [0.1, 0.15) is 0 Å². The number of amides is 1. The first-order valence-corrected chi connectivity index (χ1v) is 7.41. The normalized spacial score (nSPS) is 14.7. The average molecular weight is 288 g/mol. The number of nitrogens with zero attached hydrogens (tertiary/aromatic N) is 2. The molecule has 0 radical (unpaired) electrons. The van der Waals surface area contributed by atoms with Gasteiger partial charge < -0.3 is 15.5 Å². The fraction of sp³-hybridized carbons (Fsp3) is 0.500. The summed E-state index contributed by atoms with van der Waals surface area (Å²) in [6.45, 7) is 1.67. The molecular weight excluding hydrogens is 264 g/mol. The zero-order chi connectivity index (χ0) is 15.1. The van der Waals surface area contributed by atoms with Crippen LogP contribution in [0.5, 0.6) is 0 Å². The van der Waals surface area contributed by atoms with E-state index in [0.29, 0.717) is 12.5 Å². The Morgan fingerprint density at radius 3 is 2.57 bits per heavy atom. The van der Waals surface area contributed by atoms with E-state index in [4.69, 9.17) is 0 Å². The molecule has 0 bridgehead atoms. The highest BCUT2D eigenvalue weighted by Gasteiger charge is 2.21. The first kappa shape index (κ1) is 15.4. The third kappa shape index (κ3) is 5.85. The fourth-order valence-corrected chi connectivity index (χ4v) is 1.91. The van der Waals surface area contributed by atoms with E-state index in [1.54, 1.807) is 0 Å². The highest BCUT2D eigenvalue weighted by atomic mass is 16.1.